The van der Waals surface area contributed by atoms with Gasteiger partial charge in [-0.05, 0) is 41.0 Å². The lowest BCUT2D eigenvalue weighted by Crippen LogP contribution is -2.61. The van der Waals surface area contributed by atoms with Crippen molar-refractivity contribution in [1.82, 2.24) is 10.6 Å². The van der Waals surface area contributed by atoms with E-state index < -0.39 is 29.6 Å². The van der Waals surface area contributed by atoms with Gasteiger partial charge in [0.15, 0.2) is 6.10 Å². The van der Waals surface area contributed by atoms with E-state index in [0.29, 0.717) is 12.8 Å². The molecule has 1 saturated carbocycles. The van der Waals surface area contributed by atoms with E-state index in [-0.39, 0.29) is 25.0 Å². The van der Waals surface area contributed by atoms with Crippen LogP contribution in [0.25, 0.3) is 11.1 Å². The highest BCUT2D eigenvalue weighted by atomic mass is 16.5. The van der Waals surface area contributed by atoms with Gasteiger partial charge in [-0.25, -0.2) is 9.59 Å². The van der Waals surface area contributed by atoms with Gasteiger partial charge in [-0.3, -0.25) is 4.79 Å². The van der Waals surface area contributed by atoms with Gasteiger partial charge >= 0.3 is 12.1 Å². The van der Waals surface area contributed by atoms with Crippen LogP contribution in [0.2, 0.25) is 0 Å². The maximum Gasteiger partial charge on any atom is 0.408 e. The number of carboxylic acid groups (broad SMARTS) is 1. The van der Waals surface area contributed by atoms with Crippen molar-refractivity contribution in [1.29, 1.82) is 0 Å². The summed E-state index contributed by atoms with van der Waals surface area (Å²) < 4.78 is 10.6. The average molecular weight is 481 g/mol. The number of nitrogens with one attached hydrogen (secondary N) is 2. The summed E-state index contributed by atoms with van der Waals surface area (Å²) in [5, 5.41) is 14.7. The summed E-state index contributed by atoms with van der Waals surface area (Å²) in [7, 11) is 1.28. The second-order valence-corrected chi connectivity index (χ2v) is 9.51. The van der Waals surface area contributed by atoms with Crippen LogP contribution in [0.1, 0.15) is 49.7 Å². The molecule has 8 heteroatoms. The summed E-state index contributed by atoms with van der Waals surface area (Å²) in [6.07, 6.45) is 0.817. The zero-order chi connectivity index (χ0) is 25.0. The van der Waals surface area contributed by atoms with Gasteiger partial charge in [0, 0.05) is 13.0 Å². The molecule has 0 bridgehead atoms. The summed E-state index contributed by atoms with van der Waals surface area (Å²) in [6, 6.07) is 16.2. The highest BCUT2D eigenvalue weighted by Gasteiger charge is 2.44. The van der Waals surface area contributed by atoms with Crippen molar-refractivity contribution in [2.24, 2.45) is 5.92 Å². The zero-order valence-corrected chi connectivity index (χ0v) is 20.1. The molecule has 0 radical (unpaired) electrons. The van der Waals surface area contributed by atoms with E-state index in [1.807, 2.05) is 43.3 Å². The molecule has 0 spiro atoms. The van der Waals surface area contributed by atoms with Crippen LogP contribution in [0, 0.1) is 5.92 Å². The number of hydrogen-bond donors (Lipinski definition) is 3. The predicted octanol–water partition coefficient (Wildman–Crippen LogP) is 3.69. The number of aliphatic carboxylic acids is 1. The van der Waals surface area contributed by atoms with Crippen molar-refractivity contribution in [2.45, 2.75) is 50.2 Å². The molecule has 186 valence electrons. The van der Waals surface area contributed by atoms with Gasteiger partial charge in [0.25, 0.3) is 0 Å². The third-order valence-corrected chi connectivity index (χ3v) is 7.13. The number of methoxy groups -OCH3 is 1. The van der Waals surface area contributed by atoms with Gasteiger partial charge in [0.2, 0.25) is 5.91 Å². The van der Waals surface area contributed by atoms with Crippen LogP contribution in [0.15, 0.2) is 48.5 Å². The van der Waals surface area contributed by atoms with Crippen LogP contribution in [0.5, 0.6) is 0 Å². The molecule has 2 aliphatic carbocycles. The molecule has 2 aromatic carbocycles. The Morgan fingerprint density at radius 3 is 2.29 bits per heavy atom. The number of rotatable bonds is 8. The SMILES string of the molecule is COC(CNC(=O)C1(NC(=O)OCC2c3ccccc3-c3ccccc32)CCCC(C)C1)C(=O)O. The highest BCUT2D eigenvalue weighted by molar-refractivity contribution is 5.90. The fourth-order valence-electron chi connectivity index (χ4n) is 5.38. The van der Waals surface area contributed by atoms with E-state index in [4.69, 9.17) is 9.47 Å². The Hall–Kier alpha value is -3.39. The van der Waals surface area contributed by atoms with Crippen LogP contribution in [-0.4, -0.2) is 55.0 Å². The van der Waals surface area contributed by atoms with Crippen LogP contribution >= 0.6 is 0 Å². The largest absolute Gasteiger partial charge is 0.479 e. The molecule has 0 aromatic heterocycles. The van der Waals surface area contributed by atoms with E-state index in [9.17, 15) is 19.5 Å². The molecule has 8 nitrogen and oxygen atoms in total. The maximum absolute atomic E-state index is 13.2. The Morgan fingerprint density at radius 2 is 1.71 bits per heavy atom. The van der Waals surface area contributed by atoms with Crippen LogP contribution in [-0.2, 0) is 19.1 Å². The van der Waals surface area contributed by atoms with Crippen molar-refractivity contribution in [3.05, 3.63) is 59.7 Å². The number of fused-ring (bicyclic) bond motifs is 3. The van der Waals surface area contributed by atoms with E-state index >= 15 is 0 Å². The quantitative estimate of drug-likeness (QED) is 0.531. The smallest absolute Gasteiger partial charge is 0.408 e. The van der Waals surface area contributed by atoms with E-state index in [1.54, 1.807) is 0 Å². The van der Waals surface area contributed by atoms with Gasteiger partial charge in [0.1, 0.15) is 12.1 Å². The van der Waals surface area contributed by atoms with Crippen LogP contribution < -0.4 is 10.6 Å². The third-order valence-electron chi connectivity index (χ3n) is 7.13. The Kier molecular flexibility index (Phi) is 7.40. The van der Waals surface area contributed by atoms with Crippen molar-refractivity contribution >= 4 is 18.0 Å². The first-order valence-corrected chi connectivity index (χ1v) is 12.0. The monoisotopic (exact) mass is 480 g/mol. The number of carboxylic acids is 1. The maximum atomic E-state index is 13.2. The molecule has 3 N–H and O–H groups in total. The molecule has 0 heterocycles. The van der Waals surface area contributed by atoms with Gasteiger partial charge in [-0.2, -0.15) is 0 Å². The Balaban J connectivity index is 1.45. The third kappa shape index (κ3) is 5.17. The fourth-order valence-corrected chi connectivity index (χ4v) is 5.38. The normalized spacial score (nSPS) is 21.9. The summed E-state index contributed by atoms with van der Waals surface area (Å²) in [5.74, 6) is -1.44. The average Bonchev–Trinajstić information content (AvgIpc) is 3.16. The minimum Gasteiger partial charge on any atom is -0.479 e. The lowest BCUT2D eigenvalue weighted by atomic mass is 9.75. The van der Waals surface area contributed by atoms with Crippen molar-refractivity contribution in [2.75, 3.05) is 20.3 Å². The Bertz CT molecular complexity index is 1060. The molecule has 35 heavy (non-hydrogen) atoms. The van der Waals surface area contributed by atoms with Gasteiger partial charge in [0.05, 0.1) is 6.54 Å². The minimum atomic E-state index is -1.16. The Labute approximate surface area is 205 Å². The second kappa shape index (κ2) is 10.5. The van der Waals surface area contributed by atoms with Crippen molar-refractivity contribution < 1.29 is 29.0 Å². The van der Waals surface area contributed by atoms with E-state index in [0.717, 1.165) is 35.1 Å². The number of hydrogen-bond acceptors (Lipinski definition) is 5. The van der Waals surface area contributed by atoms with Gasteiger partial charge in [-0.1, -0.05) is 68.3 Å². The lowest BCUT2D eigenvalue weighted by molar-refractivity contribution is -0.148. The molecule has 3 unspecified atom stereocenters. The predicted molar refractivity (Wildman–Crippen MR) is 130 cm³/mol. The zero-order valence-electron chi connectivity index (χ0n) is 20.1. The molecular formula is C27H32N2O6. The number of ether oxygens (including phenoxy) is 2. The molecule has 3 atom stereocenters. The lowest BCUT2D eigenvalue weighted by Gasteiger charge is -2.39. The number of benzene rings is 2. The first kappa shape index (κ1) is 24.7. The number of carbonyl (C=O) groups excluding carboxylic acids is 2. The standard InChI is InChI=1S/C27H32N2O6/c1-17-8-7-13-27(14-17,25(32)28-15-23(34-2)24(30)31)29-26(33)35-16-22-20-11-5-3-9-18(20)19-10-4-6-12-21(19)22/h3-6,9-12,17,22-23H,7-8,13-16H2,1-2H3,(H,28,32)(H,29,33)(H,30,31). The van der Waals surface area contributed by atoms with Crippen molar-refractivity contribution in [3.8, 4) is 11.1 Å². The molecular weight excluding hydrogens is 448 g/mol. The summed E-state index contributed by atoms with van der Waals surface area (Å²) in [4.78, 5) is 37.4. The minimum absolute atomic E-state index is 0.0822. The molecule has 0 aliphatic heterocycles. The summed E-state index contributed by atoms with van der Waals surface area (Å²) in [6.45, 7) is 2.00. The Morgan fingerprint density at radius 1 is 1.09 bits per heavy atom. The summed E-state index contributed by atoms with van der Waals surface area (Å²) >= 11 is 0. The molecule has 2 amide bonds. The second-order valence-electron chi connectivity index (χ2n) is 9.51. The van der Waals surface area contributed by atoms with Gasteiger partial charge < -0.3 is 25.2 Å². The van der Waals surface area contributed by atoms with E-state index in [2.05, 4.69) is 22.8 Å². The topological polar surface area (TPSA) is 114 Å². The number of alkyl carbamates (subject to hydrolysis) is 1. The molecule has 2 aromatic rings. The number of amides is 2. The molecule has 1 fully saturated rings. The van der Waals surface area contributed by atoms with Crippen LogP contribution in [0.3, 0.4) is 0 Å². The van der Waals surface area contributed by atoms with Crippen LogP contribution in [0.4, 0.5) is 4.79 Å². The van der Waals surface area contributed by atoms with Gasteiger partial charge in [-0.15, -0.1) is 0 Å². The first-order chi connectivity index (χ1) is 16.8. The van der Waals surface area contributed by atoms with E-state index in [1.165, 1.54) is 7.11 Å². The van der Waals surface area contributed by atoms with Crippen molar-refractivity contribution in [3.63, 3.8) is 0 Å². The fraction of sp³-hybridized carbons (Fsp3) is 0.444. The summed E-state index contributed by atoms with van der Waals surface area (Å²) in [5.41, 5.74) is 3.34. The molecule has 0 saturated heterocycles. The molecule has 2 aliphatic rings. The number of carbonyl (C=O) groups is 3. The highest BCUT2D eigenvalue weighted by Crippen LogP contribution is 2.44. The first-order valence-electron chi connectivity index (χ1n) is 12.0. The molecule has 4 rings (SSSR count).